The first kappa shape index (κ1) is 12.1. The predicted molar refractivity (Wildman–Crippen MR) is 52.7 cm³/mol. The van der Waals surface area contributed by atoms with Crippen molar-refractivity contribution in [1.82, 2.24) is 4.72 Å². The molecule has 15 heavy (non-hydrogen) atoms. The van der Waals surface area contributed by atoms with Crippen LogP contribution < -0.4 is 4.72 Å². The molecule has 0 unspecified atom stereocenters. The van der Waals surface area contributed by atoms with Gasteiger partial charge in [-0.2, -0.15) is 0 Å². The van der Waals surface area contributed by atoms with Crippen LogP contribution in [0.15, 0.2) is 18.2 Å². The average Bonchev–Trinajstić information content (AvgIpc) is 2.16. The van der Waals surface area contributed by atoms with Gasteiger partial charge in [0.15, 0.2) is 0 Å². The molecule has 3 nitrogen and oxygen atoms in total. The highest BCUT2D eigenvalue weighted by Crippen LogP contribution is 2.09. The third kappa shape index (κ3) is 3.56. The summed E-state index contributed by atoms with van der Waals surface area (Å²) >= 11 is 0. The zero-order valence-electron chi connectivity index (χ0n) is 8.13. The minimum Gasteiger partial charge on any atom is -0.212 e. The second-order valence-corrected chi connectivity index (χ2v) is 5.06. The fraction of sp³-hybridized carbons (Fsp3) is 0.333. The lowest BCUT2D eigenvalue weighted by molar-refractivity contribution is 0.563. The van der Waals surface area contributed by atoms with Crippen LogP contribution >= 0.6 is 0 Å². The molecule has 0 aliphatic rings. The van der Waals surface area contributed by atoms with E-state index in [0.29, 0.717) is 0 Å². The Morgan fingerprint density at radius 3 is 2.53 bits per heavy atom. The lowest BCUT2D eigenvalue weighted by Gasteiger charge is -2.05. The maximum Gasteiger partial charge on any atom is 0.211 e. The number of benzene rings is 1. The van der Waals surface area contributed by atoms with Gasteiger partial charge in [0, 0.05) is 18.2 Å². The highest BCUT2D eigenvalue weighted by atomic mass is 32.2. The molecule has 0 aliphatic heterocycles. The normalized spacial score (nSPS) is 11.7. The van der Waals surface area contributed by atoms with Gasteiger partial charge >= 0.3 is 0 Å². The van der Waals surface area contributed by atoms with Crippen molar-refractivity contribution < 1.29 is 17.2 Å². The fourth-order valence-electron chi connectivity index (χ4n) is 0.955. The van der Waals surface area contributed by atoms with Gasteiger partial charge in [-0.25, -0.2) is 21.9 Å². The lowest BCUT2D eigenvalue weighted by Crippen LogP contribution is -2.25. The van der Waals surface area contributed by atoms with Crippen LogP contribution in [0.5, 0.6) is 0 Å². The first-order valence-corrected chi connectivity index (χ1v) is 6.01. The molecule has 0 fully saturated rings. The van der Waals surface area contributed by atoms with Gasteiger partial charge in [-0.1, -0.05) is 6.07 Å². The summed E-state index contributed by atoms with van der Waals surface area (Å²) in [5, 5.41) is 0. The van der Waals surface area contributed by atoms with E-state index in [9.17, 15) is 17.2 Å². The van der Waals surface area contributed by atoms with Crippen molar-refractivity contribution in [1.29, 1.82) is 0 Å². The summed E-state index contributed by atoms with van der Waals surface area (Å²) in [6.07, 6.45) is 0. The quantitative estimate of drug-likeness (QED) is 0.857. The van der Waals surface area contributed by atoms with Crippen LogP contribution in [0.3, 0.4) is 0 Å². The van der Waals surface area contributed by atoms with Crippen molar-refractivity contribution in [2.24, 2.45) is 0 Å². The van der Waals surface area contributed by atoms with E-state index in [1.54, 1.807) is 0 Å². The van der Waals surface area contributed by atoms with Crippen molar-refractivity contribution in [3.63, 3.8) is 0 Å². The van der Waals surface area contributed by atoms with Gasteiger partial charge in [-0.05, 0) is 13.0 Å². The molecule has 0 saturated heterocycles. The van der Waals surface area contributed by atoms with Crippen molar-refractivity contribution in [3.8, 4) is 0 Å². The van der Waals surface area contributed by atoms with Gasteiger partial charge in [0.2, 0.25) is 10.0 Å². The molecule has 0 amide bonds. The number of halogens is 2. The largest absolute Gasteiger partial charge is 0.212 e. The molecule has 1 aromatic rings. The number of nitrogens with one attached hydrogen (secondary N) is 1. The monoisotopic (exact) mass is 235 g/mol. The van der Waals surface area contributed by atoms with Crippen molar-refractivity contribution in [2.45, 2.75) is 13.5 Å². The van der Waals surface area contributed by atoms with E-state index in [1.807, 2.05) is 0 Å². The Hall–Kier alpha value is -1.01. The maximum absolute atomic E-state index is 13.1. The standard InChI is InChI=1S/C9H11F2NO2S/c1-2-15(13,14)12-6-7-3-4-8(10)5-9(7)11/h3-5,12H,2,6H2,1H3. The van der Waals surface area contributed by atoms with Gasteiger partial charge in [0.05, 0.1) is 5.75 Å². The van der Waals surface area contributed by atoms with Crippen molar-refractivity contribution in [2.75, 3.05) is 5.75 Å². The van der Waals surface area contributed by atoms with Crippen LogP contribution in [-0.4, -0.2) is 14.2 Å². The van der Waals surface area contributed by atoms with Crippen LogP contribution in [-0.2, 0) is 16.6 Å². The fourth-order valence-corrected chi connectivity index (χ4v) is 1.53. The van der Waals surface area contributed by atoms with Crippen LogP contribution in [0.1, 0.15) is 12.5 Å². The molecule has 1 N–H and O–H groups in total. The van der Waals surface area contributed by atoms with Gasteiger partial charge in [-0.15, -0.1) is 0 Å². The molecule has 0 aromatic heterocycles. The molecule has 0 bridgehead atoms. The second-order valence-electron chi connectivity index (χ2n) is 2.96. The van der Waals surface area contributed by atoms with Crippen LogP contribution in [0.25, 0.3) is 0 Å². The van der Waals surface area contributed by atoms with E-state index in [2.05, 4.69) is 4.72 Å². The second kappa shape index (κ2) is 4.67. The Kier molecular flexibility index (Phi) is 3.76. The molecule has 0 aliphatic carbocycles. The molecule has 1 aromatic carbocycles. The highest BCUT2D eigenvalue weighted by Gasteiger charge is 2.09. The zero-order valence-corrected chi connectivity index (χ0v) is 8.94. The molecule has 0 saturated carbocycles. The Balaban J connectivity index is 2.74. The first-order valence-electron chi connectivity index (χ1n) is 4.36. The van der Waals surface area contributed by atoms with E-state index in [0.717, 1.165) is 12.1 Å². The summed E-state index contributed by atoms with van der Waals surface area (Å²) in [5.74, 6) is -1.51. The molecule has 0 spiro atoms. The molecule has 0 atom stereocenters. The summed E-state index contributed by atoms with van der Waals surface area (Å²) in [7, 11) is -3.35. The SMILES string of the molecule is CCS(=O)(=O)NCc1ccc(F)cc1F. The minimum atomic E-state index is -3.35. The average molecular weight is 235 g/mol. The minimum absolute atomic E-state index is 0.0736. The summed E-state index contributed by atoms with van der Waals surface area (Å²) in [6, 6.07) is 3.01. The highest BCUT2D eigenvalue weighted by molar-refractivity contribution is 7.89. The van der Waals surface area contributed by atoms with E-state index in [-0.39, 0.29) is 17.9 Å². The van der Waals surface area contributed by atoms with Crippen LogP contribution in [0.4, 0.5) is 8.78 Å². The lowest BCUT2D eigenvalue weighted by atomic mass is 10.2. The molecule has 84 valence electrons. The van der Waals surface area contributed by atoms with Gasteiger partial charge in [0.25, 0.3) is 0 Å². The number of hydrogen-bond donors (Lipinski definition) is 1. The molecular formula is C9H11F2NO2S. The van der Waals surface area contributed by atoms with Gasteiger partial charge < -0.3 is 0 Å². The van der Waals surface area contributed by atoms with Crippen LogP contribution in [0.2, 0.25) is 0 Å². The molecule has 0 heterocycles. The molecular weight excluding hydrogens is 224 g/mol. The Labute approximate surface area is 87.2 Å². The number of rotatable bonds is 4. The third-order valence-corrected chi connectivity index (χ3v) is 3.22. The summed E-state index contributed by atoms with van der Waals surface area (Å²) in [4.78, 5) is 0. The van der Waals surface area contributed by atoms with Crippen molar-refractivity contribution in [3.05, 3.63) is 35.4 Å². The van der Waals surface area contributed by atoms with Crippen LogP contribution in [0, 0.1) is 11.6 Å². The molecule has 6 heteroatoms. The third-order valence-electron chi connectivity index (χ3n) is 1.88. The summed E-state index contributed by atoms with van der Waals surface area (Å²) < 4.78 is 49.8. The Morgan fingerprint density at radius 2 is 2.00 bits per heavy atom. The summed E-state index contributed by atoms with van der Waals surface area (Å²) in [6.45, 7) is 1.31. The summed E-state index contributed by atoms with van der Waals surface area (Å²) in [5.41, 5.74) is 0.119. The Morgan fingerprint density at radius 1 is 1.33 bits per heavy atom. The predicted octanol–water partition coefficient (Wildman–Crippen LogP) is 1.40. The number of hydrogen-bond acceptors (Lipinski definition) is 2. The van der Waals surface area contributed by atoms with Crippen molar-refractivity contribution >= 4 is 10.0 Å². The molecule has 1 rings (SSSR count). The first-order chi connectivity index (χ1) is 6.94. The smallest absolute Gasteiger partial charge is 0.211 e. The van der Waals surface area contributed by atoms with E-state index < -0.39 is 21.7 Å². The maximum atomic E-state index is 13.1. The topological polar surface area (TPSA) is 46.2 Å². The van der Waals surface area contributed by atoms with E-state index in [4.69, 9.17) is 0 Å². The van der Waals surface area contributed by atoms with E-state index in [1.165, 1.54) is 13.0 Å². The zero-order chi connectivity index (χ0) is 11.5. The van der Waals surface area contributed by atoms with Gasteiger partial charge in [0.1, 0.15) is 11.6 Å². The van der Waals surface area contributed by atoms with E-state index >= 15 is 0 Å². The molecule has 0 radical (unpaired) electrons. The Bertz CT molecular complexity index is 445. The van der Waals surface area contributed by atoms with Gasteiger partial charge in [-0.3, -0.25) is 0 Å². The number of sulfonamides is 1.